The molecule has 0 aliphatic carbocycles. The molecule has 1 saturated heterocycles. The second kappa shape index (κ2) is 5.74. The number of rotatable bonds is 3. The molecule has 3 nitrogen and oxygen atoms in total. The summed E-state index contributed by atoms with van der Waals surface area (Å²) in [6, 6.07) is 5.65. The fourth-order valence-corrected chi connectivity index (χ4v) is 3.06. The minimum atomic E-state index is -0.184. The van der Waals surface area contributed by atoms with Crippen LogP contribution in [0, 0.1) is 12.8 Å². The van der Waals surface area contributed by atoms with Crippen LogP contribution in [0.3, 0.4) is 0 Å². The Bertz CT molecular complexity index is 513. The molecule has 1 fully saturated rings. The molecule has 1 aliphatic heterocycles. The first-order valence-electron chi connectivity index (χ1n) is 6.62. The molecule has 19 heavy (non-hydrogen) atoms. The average Bonchev–Trinajstić information content (AvgIpc) is 2.32. The highest BCUT2D eigenvalue weighted by Gasteiger charge is 2.36. The van der Waals surface area contributed by atoms with Crippen LogP contribution in [-0.2, 0) is 9.59 Å². The van der Waals surface area contributed by atoms with Gasteiger partial charge in [0.05, 0.1) is 0 Å². The first kappa shape index (κ1) is 14.1. The molecule has 0 spiro atoms. The number of nitrogens with one attached hydrogen (secondary N) is 1. The van der Waals surface area contributed by atoms with Crippen molar-refractivity contribution >= 4 is 23.4 Å². The van der Waals surface area contributed by atoms with Crippen LogP contribution in [0.4, 0.5) is 0 Å². The Balaban J connectivity index is 2.37. The van der Waals surface area contributed by atoms with Crippen molar-refractivity contribution in [1.82, 2.24) is 5.32 Å². The maximum Gasteiger partial charge on any atom is 0.230 e. The summed E-state index contributed by atoms with van der Waals surface area (Å²) >= 11 is 5.96. The molecule has 1 heterocycles. The third-order valence-corrected chi connectivity index (χ3v) is 3.96. The molecular weight excluding hydrogens is 262 g/mol. The lowest BCUT2D eigenvalue weighted by Crippen LogP contribution is -2.44. The van der Waals surface area contributed by atoms with Crippen molar-refractivity contribution in [2.75, 3.05) is 0 Å². The van der Waals surface area contributed by atoms with Gasteiger partial charge >= 0.3 is 0 Å². The highest BCUT2D eigenvalue weighted by molar-refractivity contribution is 6.30. The summed E-state index contributed by atoms with van der Waals surface area (Å²) in [6.07, 6.45) is 2.10. The van der Waals surface area contributed by atoms with E-state index in [4.69, 9.17) is 11.6 Å². The van der Waals surface area contributed by atoms with Crippen LogP contribution in [0.25, 0.3) is 0 Å². The Morgan fingerprint density at radius 1 is 1.37 bits per heavy atom. The molecule has 0 radical (unpaired) electrons. The Labute approximate surface area is 118 Å². The number of halogens is 1. The molecule has 102 valence electrons. The summed E-state index contributed by atoms with van der Waals surface area (Å²) in [5, 5.41) is 3.12. The maximum atomic E-state index is 12.0. The number of imide groups is 1. The third-order valence-electron chi connectivity index (χ3n) is 3.72. The standard InChI is InChI=1S/C15H18ClNO2/c1-3-4-12-13(8-14(18)17-15(12)19)11-6-5-10(16)7-9(11)2/h5-7,12-13H,3-4,8H2,1-2H3,(H,17,18,19). The Hall–Kier alpha value is -1.35. The van der Waals surface area contributed by atoms with Crippen molar-refractivity contribution in [1.29, 1.82) is 0 Å². The number of hydrogen-bond acceptors (Lipinski definition) is 2. The molecule has 1 aromatic carbocycles. The van der Waals surface area contributed by atoms with E-state index >= 15 is 0 Å². The summed E-state index contributed by atoms with van der Waals surface area (Å²) in [6.45, 7) is 4.02. The van der Waals surface area contributed by atoms with Crippen LogP contribution in [0.5, 0.6) is 0 Å². The highest BCUT2D eigenvalue weighted by atomic mass is 35.5. The van der Waals surface area contributed by atoms with Crippen molar-refractivity contribution in [3.8, 4) is 0 Å². The minimum absolute atomic E-state index is 0.0292. The van der Waals surface area contributed by atoms with Crippen LogP contribution >= 0.6 is 11.6 Å². The second-order valence-electron chi connectivity index (χ2n) is 5.12. The summed E-state index contributed by atoms with van der Waals surface area (Å²) in [4.78, 5) is 23.6. The zero-order chi connectivity index (χ0) is 14.0. The molecule has 4 heteroatoms. The molecule has 0 saturated carbocycles. The van der Waals surface area contributed by atoms with Crippen LogP contribution in [0.15, 0.2) is 18.2 Å². The number of benzene rings is 1. The molecule has 1 N–H and O–H groups in total. The Morgan fingerprint density at radius 2 is 2.11 bits per heavy atom. The third kappa shape index (κ3) is 2.98. The molecule has 1 aliphatic rings. The van der Waals surface area contributed by atoms with E-state index in [1.807, 2.05) is 25.1 Å². The van der Waals surface area contributed by atoms with Gasteiger partial charge in [0, 0.05) is 23.3 Å². The predicted molar refractivity (Wildman–Crippen MR) is 75.1 cm³/mol. The first-order valence-corrected chi connectivity index (χ1v) is 7.00. The maximum absolute atomic E-state index is 12.0. The Morgan fingerprint density at radius 3 is 2.74 bits per heavy atom. The zero-order valence-corrected chi connectivity index (χ0v) is 12.0. The van der Waals surface area contributed by atoms with E-state index in [-0.39, 0.29) is 23.7 Å². The summed E-state index contributed by atoms with van der Waals surface area (Å²) in [5.41, 5.74) is 2.10. The molecule has 2 rings (SSSR count). The van der Waals surface area contributed by atoms with Crippen LogP contribution in [0.2, 0.25) is 5.02 Å². The molecule has 2 unspecified atom stereocenters. The fraction of sp³-hybridized carbons (Fsp3) is 0.467. The number of hydrogen-bond donors (Lipinski definition) is 1. The summed E-state index contributed by atoms with van der Waals surface area (Å²) in [5.74, 6) is -0.477. The van der Waals surface area contributed by atoms with Gasteiger partial charge in [-0.2, -0.15) is 0 Å². The van der Waals surface area contributed by atoms with E-state index in [9.17, 15) is 9.59 Å². The molecule has 2 atom stereocenters. The summed E-state index contributed by atoms with van der Waals surface area (Å²) < 4.78 is 0. The zero-order valence-electron chi connectivity index (χ0n) is 11.2. The van der Waals surface area contributed by atoms with E-state index in [0.717, 1.165) is 24.0 Å². The molecule has 0 aromatic heterocycles. The van der Waals surface area contributed by atoms with Gasteiger partial charge in [0.1, 0.15) is 0 Å². The van der Waals surface area contributed by atoms with Gasteiger partial charge in [0.25, 0.3) is 0 Å². The van der Waals surface area contributed by atoms with E-state index in [1.165, 1.54) is 0 Å². The van der Waals surface area contributed by atoms with Crippen molar-refractivity contribution < 1.29 is 9.59 Å². The number of carbonyl (C=O) groups is 2. The highest BCUT2D eigenvalue weighted by Crippen LogP contribution is 2.36. The van der Waals surface area contributed by atoms with Gasteiger partial charge in [-0.1, -0.05) is 31.0 Å². The van der Waals surface area contributed by atoms with Gasteiger partial charge in [0.15, 0.2) is 0 Å². The quantitative estimate of drug-likeness (QED) is 0.864. The van der Waals surface area contributed by atoms with Crippen LogP contribution in [0.1, 0.15) is 43.2 Å². The van der Waals surface area contributed by atoms with Crippen molar-refractivity contribution in [2.24, 2.45) is 5.92 Å². The van der Waals surface area contributed by atoms with Gasteiger partial charge in [-0.15, -0.1) is 0 Å². The SMILES string of the molecule is CCCC1C(=O)NC(=O)CC1c1ccc(Cl)cc1C. The fourth-order valence-electron chi connectivity index (χ4n) is 2.83. The molecule has 0 bridgehead atoms. The van der Waals surface area contributed by atoms with Crippen molar-refractivity contribution in [2.45, 2.75) is 39.0 Å². The van der Waals surface area contributed by atoms with Gasteiger partial charge in [-0.05, 0) is 36.6 Å². The molecular formula is C15H18ClNO2. The lowest BCUT2D eigenvalue weighted by Gasteiger charge is -2.31. The van der Waals surface area contributed by atoms with E-state index < -0.39 is 0 Å². The predicted octanol–water partition coefficient (Wildman–Crippen LogP) is 3.19. The molecule has 2 amide bonds. The topological polar surface area (TPSA) is 46.2 Å². The van der Waals surface area contributed by atoms with Gasteiger partial charge in [-0.3, -0.25) is 14.9 Å². The Kier molecular flexibility index (Phi) is 4.25. The van der Waals surface area contributed by atoms with Crippen LogP contribution in [-0.4, -0.2) is 11.8 Å². The average molecular weight is 280 g/mol. The van der Waals surface area contributed by atoms with E-state index in [1.54, 1.807) is 0 Å². The monoisotopic (exact) mass is 279 g/mol. The summed E-state index contributed by atoms with van der Waals surface area (Å²) in [7, 11) is 0. The first-order chi connectivity index (χ1) is 9.02. The number of aryl methyl sites for hydroxylation is 1. The lowest BCUT2D eigenvalue weighted by atomic mass is 9.77. The van der Waals surface area contributed by atoms with Gasteiger partial charge in [0.2, 0.25) is 11.8 Å². The number of piperidine rings is 1. The van der Waals surface area contributed by atoms with Crippen LogP contribution < -0.4 is 5.32 Å². The van der Waals surface area contributed by atoms with Gasteiger partial charge < -0.3 is 0 Å². The molecule has 1 aromatic rings. The van der Waals surface area contributed by atoms with Crippen molar-refractivity contribution in [3.05, 3.63) is 34.3 Å². The minimum Gasteiger partial charge on any atom is -0.296 e. The van der Waals surface area contributed by atoms with Gasteiger partial charge in [-0.25, -0.2) is 0 Å². The number of amides is 2. The van der Waals surface area contributed by atoms with Crippen molar-refractivity contribution in [3.63, 3.8) is 0 Å². The largest absolute Gasteiger partial charge is 0.296 e. The van der Waals surface area contributed by atoms with E-state index in [0.29, 0.717) is 11.4 Å². The van der Waals surface area contributed by atoms with E-state index in [2.05, 4.69) is 12.2 Å². The smallest absolute Gasteiger partial charge is 0.230 e. The number of carbonyl (C=O) groups excluding carboxylic acids is 2. The second-order valence-corrected chi connectivity index (χ2v) is 5.56. The normalized spacial score (nSPS) is 23.3. The lowest BCUT2D eigenvalue weighted by molar-refractivity contribution is -0.137.